The van der Waals surface area contributed by atoms with Gasteiger partial charge in [0.15, 0.2) is 0 Å². The molecule has 0 bridgehead atoms. The van der Waals surface area contributed by atoms with Gasteiger partial charge in [0.25, 0.3) is 0 Å². The van der Waals surface area contributed by atoms with E-state index in [4.69, 9.17) is 0 Å². The van der Waals surface area contributed by atoms with Gasteiger partial charge in [-0.1, -0.05) is 18.1 Å². The topological polar surface area (TPSA) is 54.2 Å². The van der Waals surface area contributed by atoms with Crippen molar-refractivity contribution in [2.45, 2.75) is 57.0 Å². The van der Waals surface area contributed by atoms with E-state index >= 15 is 0 Å². The molecule has 1 aromatic heterocycles. The van der Waals surface area contributed by atoms with Gasteiger partial charge in [-0.2, -0.15) is 0 Å². The lowest BCUT2D eigenvalue weighted by molar-refractivity contribution is 0.170. The summed E-state index contributed by atoms with van der Waals surface area (Å²) in [6, 6.07) is 4.53. The number of aromatic nitrogens is 3. The van der Waals surface area contributed by atoms with Gasteiger partial charge < -0.3 is 5.11 Å². The summed E-state index contributed by atoms with van der Waals surface area (Å²) in [5.74, 6) is 0.468. The Morgan fingerprint density at radius 1 is 1.12 bits per heavy atom. The zero-order chi connectivity index (χ0) is 17.2. The summed E-state index contributed by atoms with van der Waals surface area (Å²) >= 11 is 0. The van der Waals surface area contributed by atoms with Gasteiger partial charge in [-0.05, 0) is 43.9 Å². The molecule has 1 aliphatic carbocycles. The fraction of sp³-hybridized carbons (Fsp3) is 0.579. The molecule has 1 aromatic carbocycles. The Bertz CT molecular complexity index is 718. The van der Waals surface area contributed by atoms with Crippen LogP contribution in [0.4, 0.5) is 4.39 Å². The highest BCUT2D eigenvalue weighted by atomic mass is 19.1. The van der Waals surface area contributed by atoms with Crippen LogP contribution in [0.1, 0.15) is 61.7 Å². The van der Waals surface area contributed by atoms with Crippen molar-refractivity contribution in [3.63, 3.8) is 0 Å². The maximum Gasteiger partial charge on any atom is 0.123 e. The van der Waals surface area contributed by atoms with Crippen LogP contribution in [-0.2, 0) is 6.54 Å². The minimum Gasteiger partial charge on any atom is -0.508 e. The number of likely N-dealkylation sites (tertiary alicyclic amines) is 1. The summed E-state index contributed by atoms with van der Waals surface area (Å²) in [7, 11) is 0. The normalized spacial score (nSPS) is 20.4. The van der Waals surface area contributed by atoms with Crippen molar-refractivity contribution in [3.8, 4) is 5.75 Å². The van der Waals surface area contributed by atoms with Crippen LogP contribution < -0.4 is 0 Å². The maximum atomic E-state index is 13.4. The van der Waals surface area contributed by atoms with Crippen molar-refractivity contribution < 1.29 is 9.50 Å². The number of piperidine rings is 1. The van der Waals surface area contributed by atoms with Crippen LogP contribution in [0.3, 0.4) is 0 Å². The van der Waals surface area contributed by atoms with Gasteiger partial charge in [0.2, 0.25) is 0 Å². The molecule has 2 fully saturated rings. The Morgan fingerprint density at radius 3 is 2.64 bits per heavy atom. The van der Waals surface area contributed by atoms with E-state index in [-0.39, 0.29) is 11.6 Å². The summed E-state index contributed by atoms with van der Waals surface area (Å²) in [5, 5.41) is 18.7. The molecule has 2 heterocycles. The first-order valence-electron chi connectivity index (χ1n) is 9.30. The van der Waals surface area contributed by atoms with Crippen LogP contribution in [0.15, 0.2) is 24.4 Å². The molecule has 1 saturated heterocycles. The third-order valence-electron chi connectivity index (χ3n) is 5.67. The Kier molecular flexibility index (Phi) is 4.70. The summed E-state index contributed by atoms with van der Waals surface area (Å²) in [6.45, 7) is 2.42. The fourth-order valence-electron chi connectivity index (χ4n) is 4.14. The molecule has 5 nitrogen and oxygen atoms in total. The van der Waals surface area contributed by atoms with E-state index in [1.807, 2.05) is 4.68 Å². The number of rotatable bonds is 4. The van der Waals surface area contributed by atoms with Crippen molar-refractivity contribution in [1.82, 2.24) is 19.9 Å². The van der Waals surface area contributed by atoms with Crippen LogP contribution in [0.2, 0.25) is 0 Å². The molecule has 6 heteroatoms. The molecule has 1 N–H and O–H groups in total. The van der Waals surface area contributed by atoms with Gasteiger partial charge in [-0.15, -0.1) is 5.10 Å². The van der Waals surface area contributed by atoms with Gasteiger partial charge in [0.05, 0.1) is 11.7 Å². The van der Waals surface area contributed by atoms with Gasteiger partial charge >= 0.3 is 0 Å². The van der Waals surface area contributed by atoms with E-state index in [1.54, 1.807) is 0 Å². The number of nitrogens with zero attached hydrogens (tertiary/aromatic N) is 4. The summed E-state index contributed by atoms with van der Waals surface area (Å²) in [4.78, 5) is 2.26. The van der Waals surface area contributed by atoms with E-state index in [2.05, 4.69) is 21.4 Å². The number of phenols is 1. The van der Waals surface area contributed by atoms with Crippen molar-refractivity contribution >= 4 is 0 Å². The number of aromatic hydroxyl groups is 1. The number of halogens is 1. The molecular weight excluding hydrogens is 319 g/mol. The van der Waals surface area contributed by atoms with Gasteiger partial charge in [-0.3, -0.25) is 4.90 Å². The standard InChI is InChI=1S/C19H25FN4O/c20-16-5-6-19(25)15(11-16)12-23-9-7-17(8-10-23)24-13-18(21-22-24)14-3-1-2-4-14/h5-6,11,13-14,17,25H,1-4,7-10,12H2. The third-order valence-corrected chi connectivity index (χ3v) is 5.67. The second-order valence-corrected chi connectivity index (χ2v) is 7.39. The minimum absolute atomic E-state index is 0.168. The Hall–Kier alpha value is -1.95. The van der Waals surface area contributed by atoms with Crippen LogP contribution in [0.25, 0.3) is 0 Å². The molecule has 25 heavy (non-hydrogen) atoms. The quantitative estimate of drug-likeness (QED) is 0.920. The van der Waals surface area contributed by atoms with Crippen molar-refractivity contribution in [3.05, 3.63) is 41.5 Å². The average molecular weight is 344 g/mol. The summed E-state index contributed by atoms with van der Waals surface area (Å²) in [5.41, 5.74) is 1.81. The predicted molar refractivity (Wildman–Crippen MR) is 92.8 cm³/mol. The molecule has 0 spiro atoms. The first kappa shape index (κ1) is 16.5. The van der Waals surface area contributed by atoms with E-state index in [0.29, 0.717) is 24.1 Å². The lowest BCUT2D eigenvalue weighted by Gasteiger charge is -2.31. The molecular formula is C19H25FN4O. The molecule has 2 aliphatic rings. The lowest BCUT2D eigenvalue weighted by atomic mass is 10.0. The van der Waals surface area contributed by atoms with Gasteiger partial charge in [-0.25, -0.2) is 9.07 Å². The van der Waals surface area contributed by atoms with Crippen LogP contribution in [0, 0.1) is 5.82 Å². The maximum absolute atomic E-state index is 13.4. The SMILES string of the molecule is Oc1ccc(F)cc1CN1CCC(n2cc(C3CCCC3)nn2)CC1. The molecule has 4 rings (SSSR count). The average Bonchev–Trinajstić information content (AvgIpc) is 3.30. The fourth-order valence-corrected chi connectivity index (χ4v) is 4.14. The molecule has 0 unspecified atom stereocenters. The molecule has 0 amide bonds. The lowest BCUT2D eigenvalue weighted by Crippen LogP contribution is -2.34. The number of phenolic OH excluding ortho intramolecular Hbond substituents is 1. The second-order valence-electron chi connectivity index (χ2n) is 7.39. The Morgan fingerprint density at radius 2 is 1.88 bits per heavy atom. The number of benzene rings is 1. The van der Waals surface area contributed by atoms with Crippen molar-refractivity contribution in [1.29, 1.82) is 0 Å². The van der Waals surface area contributed by atoms with Gasteiger partial charge in [0, 0.05) is 37.3 Å². The molecule has 1 aliphatic heterocycles. The Labute approximate surface area is 147 Å². The zero-order valence-corrected chi connectivity index (χ0v) is 14.4. The minimum atomic E-state index is -0.301. The molecule has 134 valence electrons. The van der Waals surface area contributed by atoms with Crippen molar-refractivity contribution in [2.24, 2.45) is 0 Å². The van der Waals surface area contributed by atoms with Crippen LogP contribution in [-0.4, -0.2) is 38.1 Å². The monoisotopic (exact) mass is 344 g/mol. The van der Waals surface area contributed by atoms with Crippen molar-refractivity contribution in [2.75, 3.05) is 13.1 Å². The molecule has 0 atom stereocenters. The highest BCUT2D eigenvalue weighted by molar-refractivity contribution is 5.32. The highest BCUT2D eigenvalue weighted by Crippen LogP contribution is 2.33. The smallest absolute Gasteiger partial charge is 0.123 e. The third kappa shape index (κ3) is 3.68. The molecule has 2 aromatic rings. The van der Waals surface area contributed by atoms with Crippen LogP contribution in [0.5, 0.6) is 5.75 Å². The summed E-state index contributed by atoms with van der Waals surface area (Å²) < 4.78 is 15.4. The largest absolute Gasteiger partial charge is 0.508 e. The van der Waals surface area contributed by atoms with E-state index < -0.39 is 0 Å². The van der Waals surface area contributed by atoms with E-state index in [0.717, 1.165) is 31.6 Å². The second kappa shape index (κ2) is 7.12. The molecule has 1 saturated carbocycles. The first-order valence-corrected chi connectivity index (χ1v) is 9.30. The number of hydrogen-bond acceptors (Lipinski definition) is 4. The molecule has 0 radical (unpaired) electrons. The highest BCUT2D eigenvalue weighted by Gasteiger charge is 2.25. The van der Waals surface area contributed by atoms with Crippen LogP contribution >= 0.6 is 0 Å². The Balaban J connectivity index is 1.34. The zero-order valence-electron chi connectivity index (χ0n) is 14.4. The first-order chi connectivity index (χ1) is 12.2. The van der Waals surface area contributed by atoms with E-state index in [9.17, 15) is 9.50 Å². The van der Waals surface area contributed by atoms with E-state index in [1.165, 1.54) is 43.9 Å². The van der Waals surface area contributed by atoms with Gasteiger partial charge in [0.1, 0.15) is 11.6 Å². The predicted octanol–water partition coefficient (Wildman–Crippen LogP) is 3.62. The number of hydrogen-bond donors (Lipinski definition) is 1. The summed E-state index contributed by atoms with van der Waals surface area (Å²) in [6.07, 6.45) is 9.26.